The molecule has 1 fully saturated rings. The quantitative estimate of drug-likeness (QED) is 0.667. The summed E-state index contributed by atoms with van der Waals surface area (Å²) in [6.45, 7) is 2.14. The van der Waals surface area contributed by atoms with E-state index in [1.807, 2.05) is 0 Å². The minimum Gasteiger partial charge on any atom is -0.317 e. The second-order valence-corrected chi connectivity index (χ2v) is 5.89. The topological polar surface area (TPSA) is 3.24 Å². The normalized spacial score (nSPS) is 14.8. The molecule has 0 spiro atoms. The van der Waals surface area contributed by atoms with Crippen LogP contribution in [0.25, 0.3) is 0 Å². The zero-order valence-electron chi connectivity index (χ0n) is 12.8. The van der Waals surface area contributed by atoms with E-state index in [9.17, 15) is 0 Å². The molecule has 0 bridgehead atoms. The number of rotatable bonds is 3. The van der Waals surface area contributed by atoms with Crippen LogP contribution in [0.5, 0.6) is 0 Å². The van der Waals surface area contributed by atoms with Crippen molar-refractivity contribution in [3.8, 4) is 0 Å². The van der Waals surface area contributed by atoms with Gasteiger partial charge in [0.15, 0.2) is 0 Å². The van der Waals surface area contributed by atoms with Gasteiger partial charge in [-0.15, -0.1) is 0 Å². The van der Waals surface area contributed by atoms with Gasteiger partial charge in [-0.25, -0.2) is 0 Å². The minimum absolute atomic E-state index is 1.24. The van der Waals surface area contributed by atoms with Crippen LogP contribution in [0.15, 0.2) is 66.4 Å². The Morgan fingerprint density at radius 3 is 2.05 bits per heavy atom. The highest BCUT2D eigenvalue weighted by Crippen LogP contribution is 2.30. The maximum absolute atomic E-state index is 2.36. The molecule has 0 aliphatic heterocycles. The first-order valence-electron chi connectivity index (χ1n) is 7.93. The van der Waals surface area contributed by atoms with Crippen LogP contribution in [-0.4, -0.2) is 0 Å². The minimum atomic E-state index is 1.24. The Morgan fingerprint density at radius 1 is 0.762 bits per heavy atom. The van der Waals surface area contributed by atoms with E-state index < -0.39 is 0 Å². The fourth-order valence-corrected chi connectivity index (χ4v) is 2.91. The lowest BCUT2D eigenvalue weighted by Gasteiger charge is -2.24. The maximum Gasteiger partial charge on any atom is 0.0455 e. The van der Waals surface area contributed by atoms with Crippen LogP contribution in [0.2, 0.25) is 0 Å². The van der Waals surface area contributed by atoms with Crippen molar-refractivity contribution in [1.82, 2.24) is 0 Å². The molecular formula is C20H23N. The van der Waals surface area contributed by atoms with Crippen molar-refractivity contribution in [3.63, 3.8) is 0 Å². The Bertz CT molecular complexity index is 587. The molecule has 1 nitrogen and oxygen atoms in total. The second-order valence-electron chi connectivity index (χ2n) is 5.89. The summed E-state index contributed by atoms with van der Waals surface area (Å²) < 4.78 is 0. The number of hydrogen-bond donors (Lipinski definition) is 0. The highest BCUT2D eigenvalue weighted by Gasteiger charge is 2.10. The predicted octanol–water partition coefficient (Wildman–Crippen LogP) is 5.98. The maximum atomic E-state index is 2.36. The third-order valence-electron chi connectivity index (χ3n) is 4.15. The Kier molecular flexibility index (Phi) is 4.40. The smallest absolute Gasteiger partial charge is 0.0455 e. The number of benzene rings is 2. The molecule has 1 aliphatic carbocycles. The molecule has 0 aromatic heterocycles. The Labute approximate surface area is 127 Å². The first kappa shape index (κ1) is 13.9. The summed E-state index contributed by atoms with van der Waals surface area (Å²) >= 11 is 0. The molecule has 1 saturated carbocycles. The summed E-state index contributed by atoms with van der Waals surface area (Å²) in [7, 11) is 0. The van der Waals surface area contributed by atoms with E-state index in [2.05, 4.69) is 72.6 Å². The molecule has 0 atom stereocenters. The predicted molar refractivity (Wildman–Crippen MR) is 90.9 cm³/mol. The number of allylic oxidation sites excluding steroid dienone is 1. The standard InChI is InChI=1S/C20H23N/c1-17-12-14-20(15-13-17)21(19-10-6-3-7-11-19)16-18-8-4-2-5-9-18/h3,6-7,10-16H,2,4-5,8-9H2,1H3. The van der Waals surface area contributed by atoms with Gasteiger partial charge >= 0.3 is 0 Å². The van der Waals surface area contributed by atoms with E-state index in [0.29, 0.717) is 0 Å². The van der Waals surface area contributed by atoms with Crippen LogP contribution in [0.4, 0.5) is 11.4 Å². The average molecular weight is 277 g/mol. The van der Waals surface area contributed by atoms with E-state index in [4.69, 9.17) is 0 Å². The van der Waals surface area contributed by atoms with Crippen LogP contribution in [-0.2, 0) is 0 Å². The van der Waals surface area contributed by atoms with Gasteiger partial charge in [-0.05, 0) is 56.9 Å². The fraction of sp³-hybridized carbons (Fsp3) is 0.300. The third kappa shape index (κ3) is 3.55. The molecular weight excluding hydrogens is 254 g/mol. The van der Waals surface area contributed by atoms with E-state index in [-0.39, 0.29) is 0 Å². The van der Waals surface area contributed by atoms with Gasteiger partial charge < -0.3 is 4.90 Å². The molecule has 2 aromatic carbocycles. The van der Waals surface area contributed by atoms with E-state index >= 15 is 0 Å². The van der Waals surface area contributed by atoms with Crippen molar-refractivity contribution in [2.45, 2.75) is 39.0 Å². The average Bonchev–Trinajstić information content (AvgIpc) is 2.55. The first-order chi connectivity index (χ1) is 10.3. The zero-order valence-corrected chi connectivity index (χ0v) is 12.8. The lowest BCUT2D eigenvalue weighted by Crippen LogP contribution is -2.11. The highest BCUT2D eigenvalue weighted by molar-refractivity contribution is 5.66. The van der Waals surface area contributed by atoms with Crippen molar-refractivity contribution in [2.24, 2.45) is 0 Å². The molecule has 1 aliphatic rings. The Morgan fingerprint density at radius 2 is 1.38 bits per heavy atom. The molecule has 0 heterocycles. The molecule has 0 unspecified atom stereocenters. The van der Waals surface area contributed by atoms with Crippen molar-refractivity contribution in [2.75, 3.05) is 4.90 Å². The van der Waals surface area contributed by atoms with Gasteiger partial charge in [0.2, 0.25) is 0 Å². The molecule has 1 heteroatoms. The number of para-hydroxylation sites is 1. The van der Waals surface area contributed by atoms with E-state index in [1.165, 1.54) is 49.0 Å². The second kappa shape index (κ2) is 6.62. The SMILES string of the molecule is Cc1ccc(N(C=C2CCCCC2)c2ccccc2)cc1. The summed E-state index contributed by atoms with van der Waals surface area (Å²) in [5, 5.41) is 0. The molecule has 0 N–H and O–H groups in total. The lowest BCUT2D eigenvalue weighted by atomic mass is 9.95. The molecule has 21 heavy (non-hydrogen) atoms. The molecule has 2 aromatic rings. The fourth-order valence-electron chi connectivity index (χ4n) is 2.91. The highest BCUT2D eigenvalue weighted by atomic mass is 15.1. The van der Waals surface area contributed by atoms with Crippen molar-refractivity contribution >= 4 is 11.4 Å². The molecule has 0 amide bonds. The van der Waals surface area contributed by atoms with Gasteiger partial charge in [-0.1, -0.05) is 47.9 Å². The van der Waals surface area contributed by atoms with E-state index in [0.717, 1.165) is 0 Å². The first-order valence-corrected chi connectivity index (χ1v) is 7.93. The van der Waals surface area contributed by atoms with Gasteiger partial charge in [-0.3, -0.25) is 0 Å². The molecule has 0 radical (unpaired) electrons. The van der Waals surface area contributed by atoms with Gasteiger partial charge in [0, 0.05) is 17.6 Å². The Balaban J connectivity index is 1.96. The number of nitrogens with zero attached hydrogens (tertiary/aromatic N) is 1. The van der Waals surface area contributed by atoms with E-state index in [1.54, 1.807) is 5.57 Å². The van der Waals surface area contributed by atoms with Crippen LogP contribution >= 0.6 is 0 Å². The Hall–Kier alpha value is -2.02. The molecule has 3 rings (SSSR count). The van der Waals surface area contributed by atoms with Crippen molar-refractivity contribution in [3.05, 3.63) is 71.9 Å². The van der Waals surface area contributed by atoms with Crippen LogP contribution in [0.1, 0.15) is 37.7 Å². The number of aryl methyl sites for hydroxylation is 1. The summed E-state index contributed by atoms with van der Waals surface area (Å²) in [6.07, 6.45) is 8.90. The van der Waals surface area contributed by atoms with Crippen LogP contribution in [0, 0.1) is 6.92 Å². The van der Waals surface area contributed by atoms with Gasteiger partial charge in [0.05, 0.1) is 0 Å². The largest absolute Gasteiger partial charge is 0.317 e. The molecule has 0 saturated heterocycles. The lowest BCUT2D eigenvalue weighted by molar-refractivity contribution is 0.597. The summed E-state index contributed by atoms with van der Waals surface area (Å²) in [5.74, 6) is 0. The van der Waals surface area contributed by atoms with Crippen LogP contribution < -0.4 is 4.90 Å². The molecule has 108 valence electrons. The summed E-state index contributed by atoms with van der Waals surface area (Å²) in [5.41, 5.74) is 5.35. The monoisotopic (exact) mass is 277 g/mol. The van der Waals surface area contributed by atoms with Crippen LogP contribution in [0.3, 0.4) is 0 Å². The van der Waals surface area contributed by atoms with Crippen molar-refractivity contribution < 1.29 is 0 Å². The van der Waals surface area contributed by atoms with Gasteiger partial charge in [-0.2, -0.15) is 0 Å². The summed E-state index contributed by atoms with van der Waals surface area (Å²) in [6, 6.07) is 19.4. The number of anilines is 2. The van der Waals surface area contributed by atoms with Gasteiger partial charge in [0.25, 0.3) is 0 Å². The van der Waals surface area contributed by atoms with Crippen molar-refractivity contribution in [1.29, 1.82) is 0 Å². The third-order valence-corrected chi connectivity index (χ3v) is 4.15. The number of hydrogen-bond acceptors (Lipinski definition) is 1. The summed E-state index contributed by atoms with van der Waals surface area (Å²) in [4.78, 5) is 2.33. The van der Waals surface area contributed by atoms with Gasteiger partial charge in [0.1, 0.15) is 0 Å². The zero-order chi connectivity index (χ0) is 14.5.